The van der Waals surface area contributed by atoms with Gasteiger partial charge in [-0.25, -0.2) is 9.97 Å². The molecule has 0 saturated carbocycles. The fourth-order valence-electron chi connectivity index (χ4n) is 3.44. The summed E-state index contributed by atoms with van der Waals surface area (Å²) in [5.41, 5.74) is 9.30. The van der Waals surface area contributed by atoms with Crippen molar-refractivity contribution in [2.75, 3.05) is 5.73 Å². The van der Waals surface area contributed by atoms with Crippen LogP contribution in [0.3, 0.4) is 0 Å². The highest BCUT2D eigenvalue weighted by atomic mass is 16.7. The van der Waals surface area contributed by atoms with Crippen molar-refractivity contribution in [3.05, 3.63) is 23.7 Å². The van der Waals surface area contributed by atoms with Gasteiger partial charge in [-0.2, -0.15) is 0 Å². The summed E-state index contributed by atoms with van der Waals surface area (Å²) in [7, 11) is 0. The second-order valence-corrected chi connectivity index (χ2v) is 6.53. The topological polar surface area (TPSA) is 70.3 Å². The average molecular weight is 303 g/mol. The van der Waals surface area contributed by atoms with Crippen molar-refractivity contribution in [1.29, 1.82) is 0 Å². The zero-order chi connectivity index (χ0) is 15.7. The van der Waals surface area contributed by atoms with Crippen LogP contribution in [-0.4, -0.2) is 28.0 Å². The summed E-state index contributed by atoms with van der Waals surface area (Å²) in [6.07, 6.45) is 9.09. The van der Waals surface area contributed by atoms with E-state index < -0.39 is 5.79 Å². The lowest BCUT2D eigenvalue weighted by Gasteiger charge is -2.17. The molecule has 0 aromatic carbocycles. The highest BCUT2D eigenvalue weighted by Gasteiger charge is 2.39. The summed E-state index contributed by atoms with van der Waals surface area (Å²) in [5, 5.41) is 0. The number of hydrogen-bond donors (Lipinski definition) is 1. The zero-order valence-corrected chi connectivity index (χ0v) is 13.6. The van der Waals surface area contributed by atoms with Crippen molar-refractivity contribution >= 4 is 11.4 Å². The van der Waals surface area contributed by atoms with Crippen LogP contribution in [0.2, 0.25) is 0 Å². The molecular formula is C17H25N3O2. The molecule has 22 heavy (non-hydrogen) atoms. The van der Waals surface area contributed by atoms with E-state index in [1.807, 2.05) is 13.8 Å². The molecule has 0 amide bonds. The van der Waals surface area contributed by atoms with Crippen molar-refractivity contribution in [3.63, 3.8) is 0 Å². The van der Waals surface area contributed by atoms with Gasteiger partial charge >= 0.3 is 0 Å². The quantitative estimate of drug-likeness (QED) is 0.905. The highest BCUT2D eigenvalue weighted by Crippen LogP contribution is 2.35. The number of anilines is 1. The Hall–Kier alpha value is -1.46. The minimum absolute atomic E-state index is 0.192. The molecular weight excluding hydrogens is 278 g/mol. The maximum absolute atomic E-state index is 6.02. The second-order valence-electron chi connectivity index (χ2n) is 6.53. The van der Waals surface area contributed by atoms with Crippen LogP contribution in [-0.2, 0) is 15.9 Å². The summed E-state index contributed by atoms with van der Waals surface area (Å²) in [6, 6.07) is 0. The minimum Gasteiger partial charge on any atom is -0.383 e. The third-order valence-electron chi connectivity index (χ3n) is 4.46. The van der Waals surface area contributed by atoms with E-state index in [0.29, 0.717) is 5.82 Å². The normalized spacial score (nSPS) is 26.0. The van der Waals surface area contributed by atoms with E-state index in [1.165, 1.54) is 5.57 Å². The Morgan fingerprint density at radius 2 is 2.05 bits per heavy atom. The number of rotatable bonds is 5. The molecule has 1 aromatic rings. The van der Waals surface area contributed by atoms with Crippen LogP contribution in [0.15, 0.2) is 12.4 Å². The van der Waals surface area contributed by atoms with Gasteiger partial charge in [0.2, 0.25) is 0 Å². The number of nitrogens with two attached hydrogens (primary N) is 1. The number of hydrogen-bond acceptors (Lipinski definition) is 5. The molecule has 2 aliphatic rings. The molecule has 5 heteroatoms. The van der Waals surface area contributed by atoms with Crippen LogP contribution in [0, 0.1) is 0 Å². The Morgan fingerprint density at radius 3 is 2.82 bits per heavy atom. The summed E-state index contributed by atoms with van der Waals surface area (Å²) in [5.74, 6) is 0.156. The lowest BCUT2D eigenvalue weighted by molar-refractivity contribution is -0.146. The molecule has 3 rings (SSSR count). The molecule has 1 aliphatic heterocycles. The molecule has 0 unspecified atom stereocenters. The Morgan fingerprint density at radius 1 is 1.27 bits per heavy atom. The van der Waals surface area contributed by atoms with Crippen LogP contribution in [0.25, 0.3) is 5.57 Å². The monoisotopic (exact) mass is 303 g/mol. The van der Waals surface area contributed by atoms with E-state index in [0.717, 1.165) is 43.4 Å². The molecule has 1 saturated heterocycles. The highest BCUT2D eigenvalue weighted by molar-refractivity contribution is 5.73. The van der Waals surface area contributed by atoms with Crippen LogP contribution in [0.5, 0.6) is 0 Å². The Balaban J connectivity index is 1.56. The first-order chi connectivity index (χ1) is 10.5. The molecule has 5 nitrogen and oxygen atoms in total. The predicted molar refractivity (Wildman–Crippen MR) is 86.1 cm³/mol. The molecule has 2 N–H and O–H groups in total. The molecule has 0 bridgehead atoms. The fourth-order valence-corrected chi connectivity index (χ4v) is 3.44. The average Bonchev–Trinajstić information content (AvgIpc) is 3.01. The zero-order valence-electron chi connectivity index (χ0n) is 13.6. The van der Waals surface area contributed by atoms with Gasteiger partial charge in [0.05, 0.1) is 17.9 Å². The van der Waals surface area contributed by atoms with Crippen LogP contribution >= 0.6 is 0 Å². The molecule has 0 spiro atoms. The smallest absolute Gasteiger partial charge is 0.163 e. The fraction of sp³-hybridized carbons (Fsp3) is 0.647. The van der Waals surface area contributed by atoms with Crippen molar-refractivity contribution in [2.24, 2.45) is 0 Å². The molecule has 120 valence electrons. The Bertz CT molecular complexity index is 583. The Labute approximate surface area is 131 Å². The number of aromatic nitrogens is 2. The predicted octanol–water partition coefficient (Wildman–Crippen LogP) is 3.10. The van der Waals surface area contributed by atoms with Gasteiger partial charge in [0.1, 0.15) is 12.1 Å². The first kappa shape index (κ1) is 15.4. The lowest BCUT2D eigenvalue weighted by Crippen LogP contribution is -2.21. The number of nitrogen functional groups attached to an aromatic ring is 1. The number of fused-ring (bicyclic) bond motifs is 1. The molecule has 1 fully saturated rings. The molecule has 2 atom stereocenters. The van der Waals surface area contributed by atoms with Crippen LogP contribution < -0.4 is 5.73 Å². The van der Waals surface area contributed by atoms with E-state index in [2.05, 4.69) is 23.0 Å². The number of allylic oxidation sites excluding steroid dienone is 2. The van der Waals surface area contributed by atoms with E-state index >= 15 is 0 Å². The molecule has 1 aromatic heterocycles. The van der Waals surface area contributed by atoms with Crippen molar-refractivity contribution < 1.29 is 9.47 Å². The van der Waals surface area contributed by atoms with Gasteiger partial charge in [0, 0.05) is 5.56 Å². The first-order valence-corrected chi connectivity index (χ1v) is 8.14. The standard InChI is InChI=1S/C17H25N3O2/c1-4-13-14(22-17(2,3)21-13)7-5-6-11-8-9-12-15(11)19-10-20-16(12)18/h8,10,13-14H,4-7,9H2,1-3H3,(H2,18,19,20)/t13-,14-/m0/s1. The van der Waals surface area contributed by atoms with Gasteiger partial charge in [-0.15, -0.1) is 0 Å². The van der Waals surface area contributed by atoms with Gasteiger partial charge in [0.15, 0.2) is 5.79 Å². The molecule has 0 radical (unpaired) electrons. The van der Waals surface area contributed by atoms with Gasteiger partial charge in [-0.05, 0) is 51.5 Å². The molecule has 1 aliphatic carbocycles. The van der Waals surface area contributed by atoms with E-state index in [1.54, 1.807) is 6.33 Å². The summed E-state index contributed by atoms with van der Waals surface area (Å²) in [4.78, 5) is 8.45. The third-order valence-corrected chi connectivity index (χ3v) is 4.46. The van der Waals surface area contributed by atoms with Crippen molar-refractivity contribution in [2.45, 2.75) is 70.9 Å². The largest absolute Gasteiger partial charge is 0.383 e. The summed E-state index contributed by atoms with van der Waals surface area (Å²) in [6.45, 7) is 6.13. The van der Waals surface area contributed by atoms with Gasteiger partial charge < -0.3 is 15.2 Å². The molecule has 2 heterocycles. The minimum atomic E-state index is -0.452. The van der Waals surface area contributed by atoms with Gasteiger partial charge in [0.25, 0.3) is 0 Å². The maximum atomic E-state index is 6.02. The van der Waals surface area contributed by atoms with Gasteiger partial charge in [-0.1, -0.05) is 13.0 Å². The van der Waals surface area contributed by atoms with E-state index in [9.17, 15) is 0 Å². The van der Waals surface area contributed by atoms with Crippen molar-refractivity contribution in [1.82, 2.24) is 9.97 Å². The first-order valence-electron chi connectivity index (χ1n) is 8.14. The lowest BCUT2D eigenvalue weighted by atomic mass is 10.0. The summed E-state index contributed by atoms with van der Waals surface area (Å²) < 4.78 is 11.9. The van der Waals surface area contributed by atoms with E-state index in [-0.39, 0.29) is 12.2 Å². The number of ether oxygens (including phenoxy) is 2. The van der Waals surface area contributed by atoms with Crippen LogP contribution in [0.1, 0.15) is 57.7 Å². The van der Waals surface area contributed by atoms with Crippen molar-refractivity contribution in [3.8, 4) is 0 Å². The second kappa shape index (κ2) is 5.97. The third kappa shape index (κ3) is 3.01. The SMILES string of the molecule is CC[C@@H]1OC(C)(C)O[C@H]1CCCC1=CCc2c(N)ncnc21. The Kier molecular flexibility index (Phi) is 4.19. The summed E-state index contributed by atoms with van der Waals surface area (Å²) >= 11 is 0. The maximum Gasteiger partial charge on any atom is 0.163 e. The van der Waals surface area contributed by atoms with E-state index in [4.69, 9.17) is 15.2 Å². The number of nitrogens with zero attached hydrogens (tertiary/aromatic N) is 2. The van der Waals surface area contributed by atoms with Crippen LogP contribution in [0.4, 0.5) is 5.82 Å². The van der Waals surface area contributed by atoms with Gasteiger partial charge in [-0.3, -0.25) is 0 Å².